The van der Waals surface area contributed by atoms with Gasteiger partial charge in [-0.25, -0.2) is 0 Å². The first-order chi connectivity index (χ1) is 7.45. The van der Waals surface area contributed by atoms with E-state index in [-0.39, 0.29) is 0 Å². The van der Waals surface area contributed by atoms with Gasteiger partial charge in [0.1, 0.15) is 0 Å². The fourth-order valence-corrected chi connectivity index (χ4v) is 2.04. The Morgan fingerprint density at radius 2 is 1.88 bits per heavy atom. The predicted octanol–water partition coefficient (Wildman–Crippen LogP) is 1.71. The molecule has 16 heavy (non-hydrogen) atoms. The van der Waals surface area contributed by atoms with Crippen LogP contribution in [0.2, 0.25) is 0 Å². The maximum absolute atomic E-state index is 8.82. The Bertz CT molecular complexity index is 166. The minimum Gasteiger partial charge on any atom is -0.396 e. The van der Waals surface area contributed by atoms with Gasteiger partial charge in [0.15, 0.2) is 0 Å². The molecule has 0 rings (SSSR count). The average Bonchev–Trinajstić information content (AvgIpc) is 2.21. The Hall–Kier alpha value is -0.120. The van der Waals surface area contributed by atoms with Gasteiger partial charge < -0.3 is 15.3 Å². The zero-order valence-corrected chi connectivity index (χ0v) is 11.7. The van der Waals surface area contributed by atoms with Crippen LogP contribution >= 0.6 is 0 Å². The number of aliphatic hydroxyl groups is 1. The molecule has 0 spiro atoms. The molecule has 0 saturated carbocycles. The molecule has 0 aliphatic carbocycles. The van der Waals surface area contributed by atoms with Crippen molar-refractivity contribution in [1.29, 1.82) is 0 Å². The fourth-order valence-electron chi connectivity index (χ4n) is 2.04. The quantitative estimate of drug-likeness (QED) is 0.666. The molecule has 3 nitrogen and oxygen atoms in total. The smallest absolute Gasteiger partial charge is 0.0443 e. The lowest BCUT2D eigenvalue weighted by Crippen LogP contribution is -2.41. The lowest BCUT2D eigenvalue weighted by atomic mass is 9.85. The van der Waals surface area contributed by atoms with Crippen LogP contribution in [-0.4, -0.2) is 49.3 Å². The number of nitrogens with zero attached hydrogens (tertiary/aromatic N) is 1. The lowest BCUT2D eigenvalue weighted by molar-refractivity contribution is 0.198. The van der Waals surface area contributed by atoms with E-state index in [4.69, 9.17) is 5.11 Å². The van der Waals surface area contributed by atoms with E-state index in [1.807, 2.05) is 7.05 Å². The second-order valence-electron chi connectivity index (χ2n) is 5.51. The minimum absolute atomic E-state index is 0.297. The van der Waals surface area contributed by atoms with Gasteiger partial charge in [-0.05, 0) is 38.4 Å². The molecular weight excluding hydrogens is 200 g/mol. The summed E-state index contributed by atoms with van der Waals surface area (Å²) in [4.78, 5) is 2.41. The number of aliphatic hydroxyl groups excluding tert-OH is 1. The van der Waals surface area contributed by atoms with Crippen molar-refractivity contribution in [2.24, 2.45) is 5.41 Å². The first kappa shape index (κ1) is 15.9. The van der Waals surface area contributed by atoms with Crippen molar-refractivity contribution in [2.45, 2.75) is 46.6 Å². The van der Waals surface area contributed by atoms with Crippen LogP contribution in [0, 0.1) is 5.41 Å². The molecule has 3 heteroatoms. The van der Waals surface area contributed by atoms with Crippen LogP contribution in [0.5, 0.6) is 0 Å². The maximum atomic E-state index is 8.82. The van der Waals surface area contributed by atoms with E-state index in [1.54, 1.807) is 0 Å². The van der Waals surface area contributed by atoms with E-state index in [0.717, 1.165) is 26.1 Å². The zero-order valence-electron chi connectivity index (χ0n) is 11.7. The summed E-state index contributed by atoms with van der Waals surface area (Å²) in [5, 5.41) is 12.2. The van der Waals surface area contributed by atoms with Crippen LogP contribution in [0.3, 0.4) is 0 Å². The second kappa shape index (κ2) is 8.04. The van der Waals surface area contributed by atoms with E-state index in [1.165, 1.54) is 6.42 Å². The Morgan fingerprint density at radius 1 is 1.25 bits per heavy atom. The highest BCUT2D eigenvalue weighted by Gasteiger charge is 2.22. The summed E-state index contributed by atoms with van der Waals surface area (Å²) in [5.74, 6) is 0. The molecular formula is C13H30N2O. The van der Waals surface area contributed by atoms with E-state index in [2.05, 4.69) is 37.9 Å². The molecule has 0 aliphatic heterocycles. The van der Waals surface area contributed by atoms with Gasteiger partial charge in [-0.3, -0.25) is 0 Å². The molecule has 1 atom stereocenters. The second-order valence-corrected chi connectivity index (χ2v) is 5.51. The van der Waals surface area contributed by atoms with E-state index >= 15 is 0 Å². The Balaban J connectivity index is 3.98. The summed E-state index contributed by atoms with van der Waals surface area (Å²) in [7, 11) is 2.04. The van der Waals surface area contributed by atoms with E-state index in [9.17, 15) is 0 Å². The summed E-state index contributed by atoms with van der Waals surface area (Å²) in [6.07, 6.45) is 2.05. The minimum atomic E-state index is 0.297. The molecule has 98 valence electrons. The van der Waals surface area contributed by atoms with Gasteiger partial charge in [0.2, 0.25) is 0 Å². The Morgan fingerprint density at radius 3 is 2.25 bits per heavy atom. The van der Waals surface area contributed by atoms with Crippen molar-refractivity contribution in [3.05, 3.63) is 0 Å². The maximum Gasteiger partial charge on any atom is 0.0443 e. The third kappa shape index (κ3) is 6.46. The highest BCUT2D eigenvalue weighted by atomic mass is 16.3. The van der Waals surface area contributed by atoms with Crippen molar-refractivity contribution in [3.8, 4) is 0 Å². The third-order valence-corrected chi connectivity index (χ3v) is 3.21. The first-order valence-corrected chi connectivity index (χ1v) is 6.46. The first-order valence-electron chi connectivity index (χ1n) is 6.46. The Labute approximate surface area is 101 Å². The number of hydrogen-bond acceptors (Lipinski definition) is 3. The summed E-state index contributed by atoms with van der Waals surface area (Å²) in [5.41, 5.74) is 0.311. The zero-order chi connectivity index (χ0) is 12.6. The van der Waals surface area contributed by atoms with Gasteiger partial charge >= 0.3 is 0 Å². The van der Waals surface area contributed by atoms with Gasteiger partial charge in [-0.15, -0.1) is 0 Å². The Kier molecular flexibility index (Phi) is 7.98. The lowest BCUT2D eigenvalue weighted by Gasteiger charge is -2.32. The van der Waals surface area contributed by atoms with Gasteiger partial charge in [0, 0.05) is 19.2 Å². The standard InChI is InChI=1S/C13H30N2O/c1-6-15(9-7-11-16)10-8-12(14-5)13(2,3)4/h12,14,16H,6-11H2,1-5H3. The van der Waals surface area contributed by atoms with Crippen molar-refractivity contribution < 1.29 is 5.11 Å². The number of rotatable bonds is 8. The van der Waals surface area contributed by atoms with Gasteiger partial charge in [-0.2, -0.15) is 0 Å². The number of hydrogen-bond donors (Lipinski definition) is 2. The highest BCUT2D eigenvalue weighted by Crippen LogP contribution is 2.21. The molecule has 0 aliphatic rings. The average molecular weight is 230 g/mol. The normalized spacial score (nSPS) is 14.4. The molecule has 0 heterocycles. The van der Waals surface area contributed by atoms with Gasteiger partial charge in [0.25, 0.3) is 0 Å². The fraction of sp³-hybridized carbons (Fsp3) is 1.00. The van der Waals surface area contributed by atoms with Crippen molar-refractivity contribution in [2.75, 3.05) is 33.3 Å². The molecule has 0 aromatic heterocycles. The molecule has 0 bridgehead atoms. The molecule has 0 aromatic rings. The van der Waals surface area contributed by atoms with Crippen molar-refractivity contribution >= 4 is 0 Å². The topological polar surface area (TPSA) is 35.5 Å². The van der Waals surface area contributed by atoms with Gasteiger partial charge in [0.05, 0.1) is 0 Å². The van der Waals surface area contributed by atoms with E-state index < -0.39 is 0 Å². The van der Waals surface area contributed by atoms with E-state index in [0.29, 0.717) is 18.1 Å². The molecule has 0 saturated heterocycles. The van der Waals surface area contributed by atoms with Crippen molar-refractivity contribution in [3.63, 3.8) is 0 Å². The SMILES string of the molecule is CCN(CCCO)CCC(NC)C(C)(C)C. The van der Waals surface area contributed by atoms with Crippen molar-refractivity contribution in [1.82, 2.24) is 10.2 Å². The third-order valence-electron chi connectivity index (χ3n) is 3.21. The molecule has 2 N–H and O–H groups in total. The largest absolute Gasteiger partial charge is 0.396 e. The number of nitrogens with one attached hydrogen (secondary N) is 1. The van der Waals surface area contributed by atoms with Crippen LogP contribution in [0.25, 0.3) is 0 Å². The van der Waals surface area contributed by atoms with Crippen LogP contribution in [0.15, 0.2) is 0 Å². The molecule has 0 amide bonds. The summed E-state index contributed by atoms with van der Waals surface area (Å²) < 4.78 is 0. The summed E-state index contributed by atoms with van der Waals surface area (Å²) in [6, 6.07) is 0.552. The van der Waals surface area contributed by atoms with Crippen LogP contribution in [0.4, 0.5) is 0 Å². The molecule has 1 unspecified atom stereocenters. The summed E-state index contributed by atoms with van der Waals surface area (Å²) >= 11 is 0. The van der Waals surface area contributed by atoms with Crippen LogP contribution in [0.1, 0.15) is 40.5 Å². The summed E-state index contributed by atoms with van der Waals surface area (Å²) in [6.45, 7) is 12.5. The molecule has 0 radical (unpaired) electrons. The molecule has 0 fully saturated rings. The van der Waals surface area contributed by atoms with Crippen LogP contribution < -0.4 is 5.32 Å². The van der Waals surface area contributed by atoms with Gasteiger partial charge in [-0.1, -0.05) is 27.7 Å². The monoisotopic (exact) mass is 230 g/mol. The molecule has 0 aromatic carbocycles. The predicted molar refractivity (Wildman–Crippen MR) is 70.7 cm³/mol. The highest BCUT2D eigenvalue weighted by molar-refractivity contribution is 4.80. The van der Waals surface area contributed by atoms with Crippen LogP contribution in [-0.2, 0) is 0 Å².